The molecule has 2 aromatic rings. The summed E-state index contributed by atoms with van der Waals surface area (Å²) < 4.78 is 5.33. The maximum atomic E-state index is 12.0. The van der Waals surface area contributed by atoms with Crippen molar-refractivity contribution in [3.05, 3.63) is 53.6 Å². The molecule has 2 amide bonds. The predicted molar refractivity (Wildman–Crippen MR) is 90.8 cm³/mol. The first-order valence-corrected chi connectivity index (χ1v) is 7.42. The summed E-state index contributed by atoms with van der Waals surface area (Å²) in [4.78, 5) is 24.0. The number of hydrogen-bond acceptors (Lipinski definition) is 3. The summed E-state index contributed by atoms with van der Waals surface area (Å²) >= 11 is 0. The Kier molecular flexibility index (Phi) is 5.36. The molecule has 5 heteroatoms. The van der Waals surface area contributed by atoms with Gasteiger partial charge in [0.05, 0.1) is 6.61 Å². The van der Waals surface area contributed by atoms with Gasteiger partial charge in [0.15, 0.2) is 0 Å². The summed E-state index contributed by atoms with van der Waals surface area (Å²) in [6.07, 6.45) is 0. The van der Waals surface area contributed by atoms with Crippen molar-refractivity contribution in [3.63, 3.8) is 0 Å². The minimum Gasteiger partial charge on any atom is -0.494 e. The smallest absolute Gasteiger partial charge is 0.314 e. The highest BCUT2D eigenvalue weighted by Crippen LogP contribution is 2.19. The molecule has 0 saturated carbocycles. The van der Waals surface area contributed by atoms with Crippen molar-refractivity contribution in [2.45, 2.75) is 20.8 Å². The van der Waals surface area contributed by atoms with Gasteiger partial charge < -0.3 is 15.4 Å². The molecule has 0 aliphatic rings. The van der Waals surface area contributed by atoms with Crippen LogP contribution in [0, 0.1) is 13.8 Å². The van der Waals surface area contributed by atoms with E-state index in [0.717, 1.165) is 11.1 Å². The number of anilines is 2. The highest BCUT2D eigenvalue weighted by molar-refractivity contribution is 6.43. The van der Waals surface area contributed by atoms with Gasteiger partial charge in [-0.05, 0) is 56.2 Å². The molecule has 0 fully saturated rings. The van der Waals surface area contributed by atoms with E-state index in [1.165, 1.54) is 0 Å². The lowest BCUT2D eigenvalue weighted by Crippen LogP contribution is -2.29. The van der Waals surface area contributed by atoms with Gasteiger partial charge in [0.25, 0.3) is 0 Å². The van der Waals surface area contributed by atoms with Crippen molar-refractivity contribution < 1.29 is 14.3 Å². The van der Waals surface area contributed by atoms with Crippen molar-refractivity contribution >= 4 is 23.2 Å². The lowest BCUT2D eigenvalue weighted by atomic mass is 10.1. The van der Waals surface area contributed by atoms with Gasteiger partial charge in [-0.2, -0.15) is 0 Å². The summed E-state index contributed by atoms with van der Waals surface area (Å²) in [5.74, 6) is -0.696. The second-order valence-electron chi connectivity index (χ2n) is 5.13. The average Bonchev–Trinajstić information content (AvgIpc) is 2.53. The lowest BCUT2D eigenvalue weighted by molar-refractivity contribution is -0.133. The van der Waals surface area contributed by atoms with Crippen LogP contribution >= 0.6 is 0 Å². The van der Waals surface area contributed by atoms with Crippen LogP contribution in [0.1, 0.15) is 18.1 Å². The van der Waals surface area contributed by atoms with E-state index in [4.69, 9.17) is 4.74 Å². The van der Waals surface area contributed by atoms with Crippen molar-refractivity contribution in [1.82, 2.24) is 0 Å². The van der Waals surface area contributed by atoms with E-state index >= 15 is 0 Å². The molecule has 0 radical (unpaired) electrons. The summed E-state index contributed by atoms with van der Waals surface area (Å²) in [6, 6.07) is 12.5. The third-order valence-electron chi connectivity index (χ3n) is 3.35. The van der Waals surface area contributed by atoms with Gasteiger partial charge in [-0.15, -0.1) is 0 Å². The van der Waals surface area contributed by atoms with Crippen LogP contribution in [0.5, 0.6) is 5.75 Å². The van der Waals surface area contributed by atoms with Crippen LogP contribution in [0.3, 0.4) is 0 Å². The summed E-state index contributed by atoms with van der Waals surface area (Å²) in [7, 11) is 0. The Morgan fingerprint density at radius 2 is 1.48 bits per heavy atom. The molecular formula is C18H20N2O3. The Morgan fingerprint density at radius 1 is 0.913 bits per heavy atom. The lowest BCUT2D eigenvalue weighted by Gasteiger charge is -2.11. The Hall–Kier alpha value is -2.82. The van der Waals surface area contributed by atoms with Crippen molar-refractivity contribution in [2.24, 2.45) is 0 Å². The monoisotopic (exact) mass is 312 g/mol. The van der Waals surface area contributed by atoms with Gasteiger partial charge in [-0.1, -0.05) is 18.2 Å². The number of rotatable bonds is 4. The van der Waals surface area contributed by atoms with Crippen molar-refractivity contribution in [2.75, 3.05) is 17.2 Å². The zero-order valence-corrected chi connectivity index (χ0v) is 13.5. The molecule has 0 unspecified atom stereocenters. The van der Waals surface area contributed by atoms with Crippen LogP contribution in [-0.4, -0.2) is 18.4 Å². The van der Waals surface area contributed by atoms with Crippen LogP contribution in [0.2, 0.25) is 0 Å². The standard InChI is InChI=1S/C18H20N2O3/c1-4-23-15-10-8-14(9-11-15)19-17(21)18(22)20-16-12(2)6-5-7-13(16)3/h5-11H,4H2,1-3H3,(H,19,21)(H,20,22). The molecule has 2 rings (SSSR count). The fourth-order valence-electron chi connectivity index (χ4n) is 2.17. The van der Waals surface area contributed by atoms with E-state index in [1.54, 1.807) is 24.3 Å². The Labute approximate surface area is 135 Å². The molecule has 0 heterocycles. The Bertz CT molecular complexity index is 688. The Balaban J connectivity index is 2.01. The van der Waals surface area contributed by atoms with E-state index in [9.17, 15) is 9.59 Å². The quantitative estimate of drug-likeness (QED) is 0.851. The highest BCUT2D eigenvalue weighted by Gasteiger charge is 2.16. The molecule has 120 valence electrons. The normalized spacial score (nSPS) is 10.0. The van der Waals surface area contributed by atoms with Crippen LogP contribution in [0.15, 0.2) is 42.5 Å². The SMILES string of the molecule is CCOc1ccc(NC(=O)C(=O)Nc2c(C)cccc2C)cc1. The molecule has 23 heavy (non-hydrogen) atoms. The number of para-hydroxylation sites is 1. The van der Waals surface area contributed by atoms with E-state index < -0.39 is 11.8 Å². The van der Waals surface area contributed by atoms with Crippen LogP contribution < -0.4 is 15.4 Å². The van der Waals surface area contributed by atoms with Crippen LogP contribution in [0.4, 0.5) is 11.4 Å². The number of ether oxygens (including phenoxy) is 1. The fourth-order valence-corrected chi connectivity index (χ4v) is 2.17. The minimum atomic E-state index is -0.711. The molecule has 0 aromatic heterocycles. The maximum Gasteiger partial charge on any atom is 0.314 e. The molecule has 0 aliphatic carbocycles. The average molecular weight is 312 g/mol. The van der Waals surface area contributed by atoms with E-state index in [0.29, 0.717) is 23.7 Å². The third-order valence-corrected chi connectivity index (χ3v) is 3.35. The maximum absolute atomic E-state index is 12.0. The first-order chi connectivity index (χ1) is 11.0. The molecule has 0 bridgehead atoms. The second kappa shape index (κ2) is 7.45. The largest absolute Gasteiger partial charge is 0.494 e. The number of hydrogen-bond donors (Lipinski definition) is 2. The highest BCUT2D eigenvalue weighted by atomic mass is 16.5. The van der Waals surface area contributed by atoms with Gasteiger partial charge in [-0.3, -0.25) is 9.59 Å². The zero-order chi connectivity index (χ0) is 16.8. The Morgan fingerprint density at radius 3 is 2.04 bits per heavy atom. The number of amides is 2. The number of carbonyl (C=O) groups is 2. The third kappa shape index (κ3) is 4.32. The van der Waals surface area contributed by atoms with E-state index in [1.807, 2.05) is 39.0 Å². The molecule has 5 nitrogen and oxygen atoms in total. The van der Waals surface area contributed by atoms with E-state index in [2.05, 4.69) is 10.6 Å². The molecular weight excluding hydrogens is 292 g/mol. The molecule has 2 N–H and O–H groups in total. The summed E-state index contributed by atoms with van der Waals surface area (Å²) in [5.41, 5.74) is 3.02. The number of benzene rings is 2. The summed E-state index contributed by atoms with van der Waals surface area (Å²) in [5, 5.41) is 5.22. The first-order valence-electron chi connectivity index (χ1n) is 7.42. The zero-order valence-electron chi connectivity index (χ0n) is 13.5. The number of nitrogens with one attached hydrogen (secondary N) is 2. The topological polar surface area (TPSA) is 67.4 Å². The minimum absolute atomic E-state index is 0.537. The number of aryl methyl sites for hydroxylation is 2. The van der Waals surface area contributed by atoms with Gasteiger partial charge >= 0.3 is 11.8 Å². The van der Waals surface area contributed by atoms with Crippen LogP contribution in [-0.2, 0) is 9.59 Å². The van der Waals surface area contributed by atoms with E-state index in [-0.39, 0.29) is 0 Å². The van der Waals surface area contributed by atoms with Crippen molar-refractivity contribution in [1.29, 1.82) is 0 Å². The van der Waals surface area contributed by atoms with Crippen molar-refractivity contribution in [3.8, 4) is 5.75 Å². The molecule has 0 atom stereocenters. The van der Waals surface area contributed by atoms with Gasteiger partial charge in [0.2, 0.25) is 0 Å². The fraction of sp³-hybridized carbons (Fsp3) is 0.222. The first kappa shape index (κ1) is 16.5. The van der Waals surface area contributed by atoms with Crippen LogP contribution in [0.25, 0.3) is 0 Å². The number of carbonyl (C=O) groups excluding carboxylic acids is 2. The molecule has 2 aromatic carbocycles. The molecule has 0 saturated heterocycles. The second-order valence-corrected chi connectivity index (χ2v) is 5.13. The molecule has 0 spiro atoms. The van der Waals surface area contributed by atoms with Gasteiger partial charge in [-0.25, -0.2) is 0 Å². The molecule has 0 aliphatic heterocycles. The summed E-state index contributed by atoms with van der Waals surface area (Å²) in [6.45, 7) is 6.23. The predicted octanol–water partition coefficient (Wildman–Crippen LogP) is 3.28. The van der Waals surface area contributed by atoms with Gasteiger partial charge in [0.1, 0.15) is 5.75 Å². The van der Waals surface area contributed by atoms with Gasteiger partial charge in [0, 0.05) is 11.4 Å².